The summed E-state index contributed by atoms with van der Waals surface area (Å²) < 4.78 is 0. The Morgan fingerprint density at radius 1 is 1.62 bits per heavy atom. The van der Waals surface area contributed by atoms with E-state index >= 15 is 0 Å². The molecule has 1 aromatic rings. The number of rotatable bonds is 4. The molecule has 1 nitrogen and oxygen atoms in total. The number of thioether (sulfide) groups is 1. The SMILES string of the molecule is C=CC(=O)CSc1cccc(C)c1. The number of allylic oxidation sites excluding steroid dienone is 1. The van der Waals surface area contributed by atoms with Crippen molar-refractivity contribution in [1.82, 2.24) is 0 Å². The minimum atomic E-state index is 0.0755. The standard InChI is InChI=1S/C11H12OS/c1-3-10(12)8-13-11-6-4-5-9(2)7-11/h3-7H,1,8H2,2H3. The largest absolute Gasteiger partial charge is 0.294 e. The number of ketones is 1. The predicted octanol–water partition coefficient (Wildman–Crippen LogP) is 2.84. The molecule has 68 valence electrons. The van der Waals surface area contributed by atoms with E-state index in [9.17, 15) is 4.79 Å². The normalized spacial score (nSPS) is 9.62. The van der Waals surface area contributed by atoms with Crippen LogP contribution in [0.25, 0.3) is 0 Å². The molecule has 0 aromatic heterocycles. The van der Waals surface area contributed by atoms with Gasteiger partial charge in [0.1, 0.15) is 0 Å². The first kappa shape index (κ1) is 10.1. The topological polar surface area (TPSA) is 17.1 Å². The summed E-state index contributed by atoms with van der Waals surface area (Å²) >= 11 is 1.55. The van der Waals surface area contributed by atoms with Gasteiger partial charge in [-0.15, -0.1) is 11.8 Å². The first-order valence-electron chi connectivity index (χ1n) is 4.07. The fraction of sp³-hybridized carbons (Fsp3) is 0.182. The van der Waals surface area contributed by atoms with Gasteiger partial charge in [0, 0.05) is 4.90 Å². The van der Waals surface area contributed by atoms with E-state index in [2.05, 4.69) is 12.6 Å². The summed E-state index contributed by atoms with van der Waals surface area (Å²) in [5.74, 6) is 0.555. The summed E-state index contributed by atoms with van der Waals surface area (Å²) in [6, 6.07) is 8.12. The molecule has 13 heavy (non-hydrogen) atoms. The highest BCUT2D eigenvalue weighted by Gasteiger charge is 1.98. The number of aryl methyl sites for hydroxylation is 1. The molecule has 0 atom stereocenters. The van der Waals surface area contributed by atoms with Crippen LogP contribution in [-0.2, 0) is 4.79 Å². The molecule has 1 rings (SSSR count). The van der Waals surface area contributed by atoms with Gasteiger partial charge in [0.05, 0.1) is 5.75 Å². The number of benzene rings is 1. The first-order valence-corrected chi connectivity index (χ1v) is 5.05. The fourth-order valence-electron chi connectivity index (χ4n) is 0.919. The van der Waals surface area contributed by atoms with E-state index in [4.69, 9.17) is 0 Å². The van der Waals surface area contributed by atoms with Gasteiger partial charge in [-0.05, 0) is 25.1 Å². The van der Waals surface area contributed by atoms with Crippen molar-refractivity contribution in [2.45, 2.75) is 11.8 Å². The van der Waals surface area contributed by atoms with Crippen LogP contribution in [-0.4, -0.2) is 11.5 Å². The average Bonchev–Trinajstić information content (AvgIpc) is 2.14. The summed E-state index contributed by atoms with van der Waals surface area (Å²) in [6.45, 7) is 5.47. The molecule has 0 saturated carbocycles. The number of carbonyl (C=O) groups is 1. The molecule has 0 heterocycles. The molecule has 0 aliphatic heterocycles. The van der Waals surface area contributed by atoms with Crippen molar-refractivity contribution in [2.24, 2.45) is 0 Å². The van der Waals surface area contributed by atoms with E-state index in [0.29, 0.717) is 5.75 Å². The Bertz CT molecular complexity index is 318. The van der Waals surface area contributed by atoms with Crippen LogP contribution in [0.2, 0.25) is 0 Å². The second kappa shape index (κ2) is 4.87. The third kappa shape index (κ3) is 3.47. The van der Waals surface area contributed by atoms with E-state index < -0.39 is 0 Å². The lowest BCUT2D eigenvalue weighted by atomic mass is 10.2. The highest BCUT2D eigenvalue weighted by Crippen LogP contribution is 2.18. The molecule has 0 aliphatic rings. The lowest BCUT2D eigenvalue weighted by Crippen LogP contribution is -1.94. The number of hydrogen-bond acceptors (Lipinski definition) is 2. The zero-order chi connectivity index (χ0) is 9.68. The van der Waals surface area contributed by atoms with E-state index in [-0.39, 0.29) is 5.78 Å². The maximum atomic E-state index is 10.9. The van der Waals surface area contributed by atoms with Crippen molar-refractivity contribution in [1.29, 1.82) is 0 Å². The highest BCUT2D eigenvalue weighted by molar-refractivity contribution is 8.00. The Labute approximate surface area is 82.9 Å². The summed E-state index contributed by atoms with van der Waals surface area (Å²) in [4.78, 5) is 12.1. The van der Waals surface area contributed by atoms with Crippen LogP contribution in [0.3, 0.4) is 0 Å². The van der Waals surface area contributed by atoms with E-state index in [0.717, 1.165) is 4.90 Å². The molecule has 1 aromatic carbocycles. The second-order valence-corrected chi connectivity index (χ2v) is 3.82. The number of hydrogen-bond donors (Lipinski definition) is 0. The van der Waals surface area contributed by atoms with Crippen LogP contribution in [0.15, 0.2) is 41.8 Å². The van der Waals surface area contributed by atoms with Crippen molar-refractivity contribution < 1.29 is 4.79 Å². The van der Waals surface area contributed by atoms with Crippen LogP contribution < -0.4 is 0 Å². The smallest absolute Gasteiger partial charge is 0.165 e. The second-order valence-electron chi connectivity index (χ2n) is 2.78. The molecule has 0 N–H and O–H groups in total. The molecule has 0 saturated heterocycles. The van der Waals surface area contributed by atoms with Crippen molar-refractivity contribution in [2.75, 3.05) is 5.75 Å². The zero-order valence-electron chi connectivity index (χ0n) is 7.62. The van der Waals surface area contributed by atoms with Crippen molar-refractivity contribution in [3.63, 3.8) is 0 Å². The average molecular weight is 192 g/mol. The summed E-state index contributed by atoms with van der Waals surface area (Å²) in [5, 5.41) is 0. The predicted molar refractivity (Wildman–Crippen MR) is 57.1 cm³/mol. The monoisotopic (exact) mass is 192 g/mol. The van der Waals surface area contributed by atoms with E-state index in [1.807, 2.05) is 25.1 Å². The maximum absolute atomic E-state index is 10.9. The highest BCUT2D eigenvalue weighted by atomic mass is 32.2. The molecule has 0 spiro atoms. The van der Waals surface area contributed by atoms with Crippen LogP contribution >= 0.6 is 11.8 Å². The Morgan fingerprint density at radius 3 is 3.00 bits per heavy atom. The molecule has 0 radical (unpaired) electrons. The van der Waals surface area contributed by atoms with Gasteiger partial charge >= 0.3 is 0 Å². The zero-order valence-corrected chi connectivity index (χ0v) is 8.43. The van der Waals surface area contributed by atoms with Crippen molar-refractivity contribution in [3.8, 4) is 0 Å². The van der Waals surface area contributed by atoms with Crippen LogP contribution in [0, 0.1) is 6.92 Å². The van der Waals surface area contributed by atoms with Gasteiger partial charge < -0.3 is 0 Å². The molecule has 2 heteroatoms. The summed E-state index contributed by atoms with van der Waals surface area (Å²) in [7, 11) is 0. The minimum absolute atomic E-state index is 0.0755. The van der Waals surface area contributed by atoms with Gasteiger partial charge in [0.2, 0.25) is 0 Å². The van der Waals surface area contributed by atoms with Gasteiger partial charge in [-0.1, -0.05) is 24.3 Å². The summed E-state index contributed by atoms with van der Waals surface area (Å²) in [6.07, 6.45) is 1.36. The Hall–Kier alpha value is -1.02. The Morgan fingerprint density at radius 2 is 2.38 bits per heavy atom. The Balaban J connectivity index is 2.54. The molecule has 0 amide bonds. The van der Waals surface area contributed by atoms with Gasteiger partial charge in [0.15, 0.2) is 5.78 Å². The lowest BCUT2D eigenvalue weighted by molar-refractivity contribution is -0.112. The Kier molecular flexibility index (Phi) is 3.77. The third-order valence-electron chi connectivity index (χ3n) is 1.60. The molecular weight excluding hydrogens is 180 g/mol. The van der Waals surface area contributed by atoms with Gasteiger partial charge in [-0.3, -0.25) is 4.79 Å². The quantitative estimate of drug-likeness (QED) is 0.539. The van der Waals surface area contributed by atoms with Crippen molar-refractivity contribution >= 4 is 17.5 Å². The minimum Gasteiger partial charge on any atom is -0.294 e. The lowest BCUT2D eigenvalue weighted by Gasteiger charge is -1.99. The number of carbonyl (C=O) groups excluding carboxylic acids is 1. The molecule has 0 fully saturated rings. The van der Waals surface area contributed by atoms with Gasteiger partial charge in [-0.2, -0.15) is 0 Å². The van der Waals surface area contributed by atoms with Gasteiger partial charge in [-0.25, -0.2) is 0 Å². The van der Waals surface area contributed by atoms with Crippen LogP contribution in [0.1, 0.15) is 5.56 Å². The molecular formula is C11H12OS. The van der Waals surface area contributed by atoms with Gasteiger partial charge in [0.25, 0.3) is 0 Å². The summed E-state index contributed by atoms with van der Waals surface area (Å²) in [5.41, 5.74) is 1.22. The first-order chi connectivity index (χ1) is 6.22. The van der Waals surface area contributed by atoms with Crippen LogP contribution in [0.5, 0.6) is 0 Å². The third-order valence-corrected chi connectivity index (χ3v) is 2.61. The molecule has 0 unspecified atom stereocenters. The molecule has 0 aliphatic carbocycles. The van der Waals surface area contributed by atoms with Crippen molar-refractivity contribution in [3.05, 3.63) is 42.5 Å². The van der Waals surface area contributed by atoms with Crippen LogP contribution in [0.4, 0.5) is 0 Å². The van der Waals surface area contributed by atoms with E-state index in [1.165, 1.54) is 11.6 Å². The molecule has 0 bridgehead atoms. The van der Waals surface area contributed by atoms with E-state index in [1.54, 1.807) is 11.8 Å². The fourth-order valence-corrected chi connectivity index (χ4v) is 1.79. The maximum Gasteiger partial charge on any atom is 0.165 e.